The molecule has 2 saturated heterocycles. The van der Waals surface area contributed by atoms with Crippen molar-refractivity contribution in [1.29, 1.82) is 0 Å². The summed E-state index contributed by atoms with van der Waals surface area (Å²) in [6.07, 6.45) is 5.93. The number of carbonyl (C=O) groups excluding carboxylic acids is 1. The normalized spacial score (nSPS) is 28.8. The first-order chi connectivity index (χ1) is 10.7. The zero-order valence-corrected chi connectivity index (χ0v) is 13.5. The second-order valence-electron chi connectivity index (χ2n) is 6.45. The van der Waals surface area contributed by atoms with E-state index in [4.69, 9.17) is 4.74 Å². The van der Waals surface area contributed by atoms with E-state index in [2.05, 4.69) is 14.9 Å². The molecule has 0 aromatic carbocycles. The predicted molar refractivity (Wildman–Crippen MR) is 83.4 cm³/mol. The van der Waals surface area contributed by atoms with Crippen LogP contribution in [-0.2, 0) is 16.1 Å². The second-order valence-corrected chi connectivity index (χ2v) is 6.45. The first-order valence-corrected chi connectivity index (χ1v) is 8.16. The molecule has 3 rings (SSSR count). The lowest BCUT2D eigenvalue weighted by Crippen LogP contribution is -2.49. The fourth-order valence-electron chi connectivity index (χ4n) is 4.13. The molecule has 6 heteroatoms. The number of piperidine rings is 1. The van der Waals surface area contributed by atoms with Crippen LogP contribution in [-0.4, -0.2) is 70.9 Å². The van der Waals surface area contributed by atoms with Gasteiger partial charge in [-0.15, -0.1) is 0 Å². The van der Waals surface area contributed by atoms with E-state index in [0.29, 0.717) is 12.0 Å². The second kappa shape index (κ2) is 6.79. The number of aromatic nitrogens is 2. The van der Waals surface area contributed by atoms with Gasteiger partial charge in [-0.05, 0) is 24.8 Å². The molecule has 1 aromatic heterocycles. The van der Waals surface area contributed by atoms with Gasteiger partial charge in [0.2, 0.25) is 5.91 Å². The average molecular weight is 306 g/mol. The number of ether oxygens (including phenoxy) is 1. The van der Waals surface area contributed by atoms with Crippen LogP contribution in [0.5, 0.6) is 0 Å². The zero-order chi connectivity index (χ0) is 15.5. The summed E-state index contributed by atoms with van der Waals surface area (Å²) >= 11 is 0. The smallest absolute Gasteiger partial charge is 0.220 e. The van der Waals surface area contributed by atoms with Crippen LogP contribution < -0.4 is 0 Å². The summed E-state index contributed by atoms with van der Waals surface area (Å²) in [5.41, 5.74) is 0. The van der Waals surface area contributed by atoms with Gasteiger partial charge in [-0.3, -0.25) is 9.48 Å². The summed E-state index contributed by atoms with van der Waals surface area (Å²) in [5.74, 6) is 0.782. The Bertz CT molecular complexity index is 490. The Labute approximate surface area is 132 Å². The topological polar surface area (TPSA) is 50.6 Å². The van der Waals surface area contributed by atoms with Gasteiger partial charge in [-0.2, -0.15) is 5.10 Å². The summed E-state index contributed by atoms with van der Waals surface area (Å²) in [6.45, 7) is 6.41. The highest BCUT2D eigenvalue weighted by atomic mass is 16.5. The number of hydrogen-bond acceptors (Lipinski definition) is 4. The molecule has 0 spiro atoms. The summed E-state index contributed by atoms with van der Waals surface area (Å²) in [7, 11) is 1.75. The monoisotopic (exact) mass is 306 g/mol. The lowest BCUT2D eigenvalue weighted by molar-refractivity contribution is -0.133. The lowest BCUT2D eigenvalue weighted by atomic mass is 9.92. The molecule has 22 heavy (non-hydrogen) atoms. The van der Waals surface area contributed by atoms with Crippen LogP contribution in [0.4, 0.5) is 0 Å². The summed E-state index contributed by atoms with van der Waals surface area (Å²) in [6, 6.07) is 2.61. The van der Waals surface area contributed by atoms with Crippen LogP contribution in [0.1, 0.15) is 19.8 Å². The highest BCUT2D eigenvalue weighted by molar-refractivity contribution is 5.74. The van der Waals surface area contributed by atoms with E-state index >= 15 is 0 Å². The quantitative estimate of drug-likeness (QED) is 0.809. The van der Waals surface area contributed by atoms with Crippen molar-refractivity contribution in [3.8, 4) is 0 Å². The van der Waals surface area contributed by atoms with Crippen molar-refractivity contribution in [3.05, 3.63) is 18.5 Å². The maximum atomic E-state index is 12.2. The molecule has 2 fully saturated rings. The Morgan fingerprint density at radius 3 is 3.00 bits per heavy atom. The van der Waals surface area contributed by atoms with Crippen molar-refractivity contribution in [3.63, 3.8) is 0 Å². The van der Waals surface area contributed by atoms with E-state index in [0.717, 1.165) is 45.6 Å². The number of methoxy groups -OCH3 is 1. The van der Waals surface area contributed by atoms with E-state index in [-0.39, 0.29) is 11.9 Å². The van der Waals surface area contributed by atoms with E-state index in [1.807, 2.05) is 16.9 Å². The van der Waals surface area contributed by atoms with Gasteiger partial charge in [0.15, 0.2) is 0 Å². The van der Waals surface area contributed by atoms with E-state index in [9.17, 15) is 4.79 Å². The molecule has 6 nitrogen and oxygen atoms in total. The Hall–Kier alpha value is -1.40. The molecule has 3 heterocycles. The van der Waals surface area contributed by atoms with Crippen LogP contribution in [0.3, 0.4) is 0 Å². The maximum absolute atomic E-state index is 12.2. The van der Waals surface area contributed by atoms with Gasteiger partial charge in [0, 0.05) is 52.1 Å². The number of amides is 1. The molecule has 3 unspecified atom stereocenters. The molecule has 1 amide bonds. The van der Waals surface area contributed by atoms with E-state index in [1.165, 1.54) is 0 Å². The third kappa shape index (κ3) is 3.17. The Morgan fingerprint density at radius 1 is 1.45 bits per heavy atom. The van der Waals surface area contributed by atoms with Gasteiger partial charge < -0.3 is 14.5 Å². The van der Waals surface area contributed by atoms with Crippen LogP contribution in [0.25, 0.3) is 0 Å². The van der Waals surface area contributed by atoms with Gasteiger partial charge >= 0.3 is 0 Å². The van der Waals surface area contributed by atoms with Crippen LogP contribution in [0, 0.1) is 5.92 Å². The highest BCUT2D eigenvalue weighted by Gasteiger charge is 2.44. The van der Waals surface area contributed by atoms with Crippen molar-refractivity contribution in [2.45, 2.75) is 38.4 Å². The molecule has 0 saturated carbocycles. The number of nitrogens with zero attached hydrogens (tertiary/aromatic N) is 4. The SMILES string of the molecule is COCCN1CCC2C(CC(Cn3cccn3)N2C(C)=O)C1. The molecular formula is C16H26N4O2. The highest BCUT2D eigenvalue weighted by Crippen LogP contribution is 2.36. The number of hydrogen-bond donors (Lipinski definition) is 0. The Kier molecular flexibility index (Phi) is 4.78. The van der Waals surface area contributed by atoms with Crippen molar-refractivity contribution in [2.75, 3.05) is 33.4 Å². The summed E-state index contributed by atoms with van der Waals surface area (Å²) in [5, 5.41) is 4.30. The fraction of sp³-hybridized carbons (Fsp3) is 0.750. The van der Waals surface area contributed by atoms with Crippen LogP contribution in [0.2, 0.25) is 0 Å². The molecule has 0 aliphatic carbocycles. The van der Waals surface area contributed by atoms with Gasteiger partial charge in [-0.1, -0.05) is 0 Å². The van der Waals surface area contributed by atoms with Crippen molar-refractivity contribution >= 4 is 5.91 Å². The van der Waals surface area contributed by atoms with Crippen molar-refractivity contribution < 1.29 is 9.53 Å². The molecule has 3 atom stereocenters. The molecule has 1 aromatic rings. The van der Waals surface area contributed by atoms with Crippen LogP contribution in [0.15, 0.2) is 18.5 Å². The number of fused-ring (bicyclic) bond motifs is 1. The molecule has 2 aliphatic rings. The zero-order valence-electron chi connectivity index (χ0n) is 13.5. The molecule has 0 radical (unpaired) electrons. The third-order valence-electron chi connectivity index (χ3n) is 5.04. The van der Waals surface area contributed by atoms with Gasteiger partial charge in [0.25, 0.3) is 0 Å². The van der Waals surface area contributed by atoms with Gasteiger partial charge in [-0.25, -0.2) is 0 Å². The number of likely N-dealkylation sites (tertiary alicyclic amines) is 2. The van der Waals surface area contributed by atoms with Crippen LogP contribution >= 0.6 is 0 Å². The lowest BCUT2D eigenvalue weighted by Gasteiger charge is -2.38. The number of carbonyl (C=O) groups is 1. The minimum Gasteiger partial charge on any atom is -0.383 e. The first kappa shape index (κ1) is 15.5. The maximum Gasteiger partial charge on any atom is 0.220 e. The minimum atomic E-state index is 0.204. The predicted octanol–water partition coefficient (Wildman–Crippen LogP) is 0.841. The van der Waals surface area contributed by atoms with Gasteiger partial charge in [0.1, 0.15) is 0 Å². The summed E-state index contributed by atoms with van der Waals surface area (Å²) < 4.78 is 7.13. The Balaban J connectivity index is 1.67. The molecular weight excluding hydrogens is 280 g/mol. The van der Waals surface area contributed by atoms with Crippen molar-refractivity contribution in [1.82, 2.24) is 19.6 Å². The third-order valence-corrected chi connectivity index (χ3v) is 5.04. The molecule has 2 aliphatic heterocycles. The van der Waals surface area contributed by atoms with E-state index < -0.39 is 0 Å². The Morgan fingerprint density at radius 2 is 2.32 bits per heavy atom. The molecule has 0 bridgehead atoms. The minimum absolute atomic E-state index is 0.204. The van der Waals surface area contributed by atoms with Gasteiger partial charge in [0.05, 0.1) is 19.2 Å². The first-order valence-electron chi connectivity index (χ1n) is 8.16. The number of rotatable bonds is 5. The van der Waals surface area contributed by atoms with Crippen molar-refractivity contribution in [2.24, 2.45) is 5.92 Å². The average Bonchev–Trinajstić information content (AvgIpc) is 3.11. The molecule has 122 valence electrons. The van der Waals surface area contributed by atoms with E-state index in [1.54, 1.807) is 20.2 Å². The largest absolute Gasteiger partial charge is 0.383 e. The molecule has 0 N–H and O–H groups in total. The summed E-state index contributed by atoms with van der Waals surface area (Å²) in [4.78, 5) is 16.8. The fourth-order valence-corrected chi connectivity index (χ4v) is 4.13. The standard InChI is InChI=1S/C16H26N4O2/c1-13(21)20-15(12-19-6-3-5-17-19)10-14-11-18(8-9-22-2)7-4-16(14)20/h3,5-6,14-16H,4,7-12H2,1-2H3.